The zero-order chi connectivity index (χ0) is 11.4. The molecule has 0 amide bonds. The molecule has 0 radical (unpaired) electrons. The van der Waals surface area contributed by atoms with Crippen molar-refractivity contribution in [2.24, 2.45) is 0 Å². The SMILES string of the molecule is COC(=O)[C@@H](Br)c1ccccc1[N+](=O)[O-]. The largest absolute Gasteiger partial charge is 0.468 e. The molecule has 15 heavy (non-hydrogen) atoms. The highest BCUT2D eigenvalue weighted by atomic mass is 79.9. The van der Waals surface area contributed by atoms with Crippen LogP contribution in [0.3, 0.4) is 0 Å². The van der Waals surface area contributed by atoms with Crippen LogP contribution in [0.4, 0.5) is 5.69 Å². The van der Waals surface area contributed by atoms with Gasteiger partial charge in [-0.1, -0.05) is 34.1 Å². The Labute approximate surface area is 94.3 Å². The molecule has 0 aliphatic rings. The molecular weight excluding hydrogens is 266 g/mol. The summed E-state index contributed by atoms with van der Waals surface area (Å²) in [5, 5.41) is 10.7. The van der Waals surface area contributed by atoms with E-state index < -0.39 is 15.7 Å². The second-order valence-corrected chi connectivity index (χ2v) is 3.62. The third-order valence-electron chi connectivity index (χ3n) is 1.81. The van der Waals surface area contributed by atoms with Crippen LogP contribution in [0, 0.1) is 10.1 Å². The Kier molecular flexibility index (Phi) is 3.79. The van der Waals surface area contributed by atoms with Gasteiger partial charge >= 0.3 is 5.97 Å². The minimum atomic E-state index is -0.816. The first-order valence-electron chi connectivity index (χ1n) is 4.03. The minimum Gasteiger partial charge on any atom is -0.468 e. The summed E-state index contributed by atoms with van der Waals surface area (Å²) < 4.78 is 4.49. The summed E-state index contributed by atoms with van der Waals surface area (Å²) in [6.07, 6.45) is 0. The van der Waals surface area contributed by atoms with Crippen molar-refractivity contribution < 1.29 is 14.5 Å². The van der Waals surface area contributed by atoms with E-state index in [1.54, 1.807) is 12.1 Å². The summed E-state index contributed by atoms with van der Waals surface area (Å²) >= 11 is 3.05. The molecule has 0 saturated heterocycles. The molecule has 0 bridgehead atoms. The van der Waals surface area contributed by atoms with Crippen molar-refractivity contribution in [3.63, 3.8) is 0 Å². The van der Waals surface area contributed by atoms with Gasteiger partial charge in [-0.15, -0.1) is 0 Å². The van der Waals surface area contributed by atoms with Crippen LogP contribution in [0.2, 0.25) is 0 Å². The predicted molar refractivity (Wildman–Crippen MR) is 56.8 cm³/mol. The maximum absolute atomic E-state index is 11.2. The summed E-state index contributed by atoms with van der Waals surface area (Å²) in [4.78, 5) is 20.5. The lowest BCUT2D eigenvalue weighted by atomic mass is 10.1. The Morgan fingerprint density at radius 1 is 1.53 bits per heavy atom. The first kappa shape index (κ1) is 11.6. The van der Waals surface area contributed by atoms with E-state index >= 15 is 0 Å². The molecule has 1 aromatic carbocycles. The van der Waals surface area contributed by atoms with Gasteiger partial charge in [0.25, 0.3) is 5.69 Å². The van der Waals surface area contributed by atoms with E-state index in [2.05, 4.69) is 20.7 Å². The number of halogens is 1. The second kappa shape index (κ2) is 4.88. The summed E-state index contributed by atoms with van der Waals surface area (Å²) in [5.41, 5.74) is 0.180. The number of para-hydroxylation sites is 1. The number of rotatable bonds is 3. The van der Waals surface area contributed by atoms with E-state index in [1.807, 2.05) is 0 Å². The summed E-state index contributed by atoms with van der Waals surface area (Å²) in [5.74, 6) is -0.565. The highest BCUT2D eigenvalue weighted by molar-refractivity contribution is 9.09. The lowest BCUT2D eigenvalue weighted by Gasteiger charge is -2.07. The van der Waals surface area contributed by atoms with Crippen molar-refractivity contribution in [2.75, 3.05) is 7.11 Å². The molecule has 1 aromatic rings. The number of carbonyl (C=O) groups excluding carboxylic acids is 1. The lowest BCUT2D eigenvalue weighted by molar-refractivity contribution is -0.385. The maximum atomic E-state index is 11.2. The van der Waals surface area contributed by atoms with Crippen LogP contribution in [0.5, 0.6) is 0 Å². The summed E-state index contributed by atoms with van der Waals surface area (Å²) in [6, 6.07) is 6.01. The molecule has 0 aromatic heterocycles. The predicted octanol–water partition coefficient (Wildman–Crippen LogP) is 2.20. The number of nitro groups is 1. The lowest BCUT2D eigenvalue weighted by Crippen LogP contribution is -2.09. The number of methoxy groups -OCH3 is 1. The van der Waals surface area contributed by atoms with Crippen molar-refractivity contribution in [2.45, 2.75) is 4.83 Å². The zero-order valence-electron chi connectivity index (χ0n) is 7.84. The fourth-order valence-corrected chi connectivity index (χ4v) is 1.67. The second-order valence-electron chi connectivity index (χ2n) is 2.70. The van der Waals surface area contributed by atoms with Gasteiger partial charge in [0.1, 0.15) is 4.83 Å². The molecule has 6 heteroatoms. The molecule has 0 heterocycles. The van der Waals surface area contributed by atoms with Crippen molar-refractivity contribution in [3.8, 4) is 0 Å². The van der Waals surface area contributed by atoms with Crippen LogP contribution in [0.1, 0.15) is 10.4 Å². The van der Waals surface area contributed by atoms with Crippen LogP contribution in [-0.4, -0.2) is 18.0 Å². The summed E-state index contributed by atoms with van der Waals surface area (Å²) in [7, 11) is 1.23. The average Bonchev–Trinajstić information content (AvgIpc) is 2.27. The first-order chi connectivity index (χ1) is 7.07. The first-order valence-corrected chi connectivity index (χ1v) is 4.94. The Balaban J connectivity index is 3.13. The van der Waals surface area contributed by atoms with Crippen LogP contribution in [0.25, 0.3) is 0 Å². The molecular formula is C9H8BrNO4. The van der Waals surface area contributed by atoms with Gasteiger partial charge in [-0.05, 0) is 0 Å². The molecule has 0 N–H and O–H groups in total. The number of nitrogens with zero attached hydrogens (tertiary/aromatic N) is 1. The molecule has 80 valence electrons. The van der Waals surface area contributed by atoms with Crippen LogP contribution in [0.15, 0.2) is 24.3 Å². The molecule has 0 spiro atoms. The third-order valence-corrected chi connectivity index (χ3v) is 2.68. The number of nitro benzene ring substituents is 1. The van der Waals surface area contributed by atoms with Crippen LogP contribution in [-0.2, 0) is 9.53 Å². The normalized spacial score (nSPS) is 11.9. The number of benzene rings is 1. The fourth-order valence-electron chi connectivity index (χ4n) is 1.10. The van der Waals surface area contributed by atoms with Gasteiger partial charge in [-0.3, -0.25) is 14.9 Å². The molecule has 5 nitrogen and oxygen atoms in total. The van der Waals surface area contributed by atoms with E-state index in [-0.39, 0.29) is 11.3 Å². The molecule has 0 saturated carbocycles. The number of ether oxygens (including phenoxy) is 1. The quantitative estimate of drug-likeness (QED) is 0.366. The Morgan fingerprint density at radius 2 is 2.13 bits per heavy atom. The van der Waals surface area contributed by atoms with Gasteiger partial charge in [0, 0.05) is 6.07 Å². The number of alkyl halides is 1. The molecule has 1 rings (SSSR count). The highest BCUT2D eigenvalue weighted by Crippen LogP contribution is 2.31. The van der Waals surface area contributed by atoms with Gasteiger partial charge in [-0.2, -0.15) is 0 Å². The highest BCUT2D eigenvalue weighted by Gasteiger charge is 2.25. The van der Waals surface area contributed by atoms with Gasteiger partial charge < -0.3 is 4.74 Å². The average molecular weight is 274 g/mol. The monoisotopic (exact) mass is 273 g/mol. The van der Waals surface area contributed by atoms with Crippen molar-refractivity contribution in [1.29, 1.82) is 0 Å². The molecule has 1 atom stereocenters. The van der Waals surface area contributed by atoms with Crippen LogP contribution < -0.4 is 0 Å². The zero-order valence-corrected chi connectivity index (χ0v) is 9.43. The van der Waals surface area contributed by atoms with Crippen LogP contribution >= 0.6 is 15.9 Å². The minimum absolute atomic E-state index is 0.107. The third kappa shape index (κ3) is 2.53. The van der Waals surface area contributed by atoms with Gasteiger partial charge in [-0.25, -0.2) is 0 Å². The topological polar surface area (TPSA) is 69.4 Å². The Morgan fingerprint density at radius 3 is 2.67 bits per heavy atom. The van der Waals surface area contributed by atoms with Gasteiger partial charge in [0.05, 0.1) is 17.6 Å². The fraction of sp³-hybridized carbons (Fsp3) is 0.222. The number of hydrogen-bond acceptors (Lipinski definition) is 4. The van der Waals surface area contributed by atoms with E-state index in [4.69, 9.17) is 0 Å². The van der Waals surface area contributed by atoms with E-state index in [9.17, 15) is 14.9 Å². The maximum Gasteiger partial charge on any atom is 0.324 e. The smallest absolute Gasteiger partial charge is 0.324 e. The van der Waals surface area contributed by atoms with E-state index in [0.29, 0.717) is 0 Å². The summed E-state index contributed by atoms with van der Waals surface area (Å²) in [6.45, 7) is 0. The Bertz CT molecular complexity index is 393. The molecule has 0 aliphatic heterocycles. The van der Waals surface area contributed by atoms with Crippen molar-refractivity contribution >= 4 is 27.6 Å². The van der Waals surface area contributed by atoms with Gasteiger partial charge in [0.15, 0.2) is 0 Å². The Hall–Kier alpha value is -1.43. The molecule has 0 aliphatic carbocycles. The van der Waals surface area contributed by atoms with Crippen molar-refractivity contribution in [1.82, 2.24) is 0 Å². The number of esters is 1. The number of carbonyl (C=O) groups is 1. The van der Waals surface area contributed by atoms with E-state index in [1.165, 1.54) is 19.2 Å². The standard InChI is InChI=1S/C9H8BrNO4/c1-15-9(12)8(10)6-4-2-3-5-7(6)11(13)14/h2-5,8H,1H3/t8-/m0/s1. The number of hydrogen-bond donors (Lipinski definition) is 0. The van der Waals surface area contributed by atoms with Crippen molar-refractivity contribution in [3.05, 3.63) is 39.9 Å². The molecule has 0 fully saturated rings. The van der Waals surface area contributed by atoms with E-state index in [0.717, 1.165) is 0 Å². The molecule has 0 unspecified atom stereocenters. The van der Waals surface area contributed by atoms with Gasteiger partial charge in [0.2, 0.25) is 0 Å².